The molecule has 2 atom stereocenters. The Labute approximate surface area is 140 Å². The lowest BCUT2D eigenvalue weighted by molar-refractivity contribution is 0.164. The number of aromatic nitrogens is 2. The Balaban J connectivity index is 1.48. The van der Waals surface area contributed by atoms with E-state index < -0.39 is 6.10 Å². The average molecular weight is 331 g/mol. The lowest BCUT2D eigenvalue weighted by Gasteiger charge is -2.22. The Hall–Kier alpha value is -1.79. The molecule has 2 fully saturated rings. The standard InChI is InChI=1S/C18H22FN3O2/c19-14-7-5-12(6-8-14)16-9-15(23)10-22(16)11-17-20-18(21-24-17)13-3-1-2-4-13/h5-8,13,15-16,23H,1-4,9-11H2/t15-,16+/m0/s1. The smallest absolute Gasteiger partial charge is 0.240 e. The van der Waals surface area contributed by atoms with Gasteiger partial charge in [-0.2, -0.15) is 4.98 Å². The van der Waals surface area contributed by atoms with E-state index in [2.05, 4.69) is 15.0 Å². The van der Waals surface area contributed by atoms with Crippen molar-refractivity contribution < 1.29 is 14.0 Å². The molecule has 6 heteroatoms. The van der Waals surface area contributed by atoms with Gasteiger partial charge < -0.3 is 9.63 Å². The van der Waals surface area contributed by atoms with Gasteiger partial charge in [-0.25, -0.2) is 4.39 Å². The Morgan fingerprint density at radius 1 is 1.21 bits per heavy atom. The maximum atomic E-state index is 13.1. The van der Waals surface area contributed by atoms with Gasteiger partial charge in [-0.05, 0) is 37.0 Å². The number of halogens is 1. The SMILES string of the molecule is O[C@H]1C[C@H](c2ccc(F)cc2)N(Cc2nc(C3CCCC3)no2)C1. The van der Waals surface area contributed by atoms with Crippen LogP contribution in [0.2, 0.25) is 0 Å². The predicted octanol–water partition coefficient (Wildman–Crippen LogP) is 3.17. The third-order valence-corrected chi connectivity index (χ3v) is 5.18. The van der Waals surface area contributed by atoms with Gasteiger partial charge in [0.25, 0.3) is 0 Å². The Bertz CT molecular complexity index is 682. The average Bonchev–Trinajstić information content (AvgIpc) is 3.29. The van der Waals surface area contributed by atoms with Crippen molar-refractivity contribution in [1.29, 1.82) is 0 Å². The summed E-state index contributed by atoms with van der Waals surface area (Å²) in [6.07, 6.45) is 4.99. The minimum atomic E-state index is -0.391. The summed E-state index contributed by atoms with van der Waals surface area (Å²) in [4.78, 5) is 6.69. The summed E-state index contributed by atoms with van der Waals surface area (Å²) in [6.45, 7) is 1.07. The van der Waals surface area contributed by atoms with Crippen LogP contribution in [0, 0.1) is 5.82 Å². The van der Waals surface area contributed by atoms with Crippen LogP contribution >= 0.6 is 0 Å². The van der Waals surface area contributed by atoms with Crippen LogP contribution < -0.4 is 0 Å². The molecule has 1 aliphatic heterocycles. The minimum Gasteiger partial charge on any atom is -0.392 e. The van der Waals surface area contributed by atoms with E-state index >= 15 is 0 Å². The molecule has 2 aliphatic rings. The Morgan fingerprint density at radius 2 is 1.96 bits per heavy atom. The molecule has 1 N–H and O–H groups in total. The molecule has 0 amide bonds. The molecule has 2 heterocycles. The first kappa shape index (κ1) is 15.7. The van der Waals surface area contributed by atoms with E-state index in [9.17, 15) is 9.50 Å². The third-order valence-electron chi connectivity index (χ3n) is 5.18. The highest BCUT2D eigenvalue weighted by atomic mass is 19.1. The van der Waals surface area contributed by atoms with E-state index in [4.69, 9.17) is 4.52 Å². The predicted molar refractivity (Wildman–Crippen MR) is 85.7 cm³/mol. The molecule has 1 aliphatic carbocycles. The second-order valence-corrected chi connectivity index (χ2v) is 6.91. The highest BCUT2D eigenvalue weighted by Gasteiger charge is 2.33. The van der Waals surface area contributed by atoms with Crippen molar-refractivity contribution >= 4 is 0 Å². The molecule has 4 rings (SSSR count). The van der Waals surface area contributed by atoms with Crippen LogP contribution in [-0.2, 0) is 6.54 Å². The summed E-state index contributed by atoms with van der Waals surface area (Å²) in [6, 6.07) is 6.53. The maximum Gasteiger partial charge on any atom is 0.240 e. The minimum absolute atomic E-state index is 0.0439. The molecular weight excluding hydrogens is 309 g/mol. The van der Waals surface area contributed by atoms with Crippen molar-refractivity contribution in [2.75, 3.05) is 6.54 Å². The summed E-state index contributed by atoms with van der Waals surface area (Å²) in [5.74, 6) is 1.60. The van der Waals surface area contributed by atoms with E-state index in [1.807, 2.05) is 0 Å². The molecule has 0 bridgehead atoms. The number of benzene rings is 1. The zero-order valence-corrected chi connectivity index (χ0v) is 13.6. The van der Waals surface area contributed by atoms with Crippen molar-refractivity contribution in [3.8, 4) is 0 Å². The van der Waals surface area contributed by atoms with E-state index in [0.29, 0.717) is 31.3 Å². The topological polar surface area (TPSA) is 62.4 Å². The highest BCUT2D eigenvalue weighted by molar-refractivity contribution is 5.21. The highest BCUT2D eigenvalue weighted by Crippen LogP contribution is 2.35. The second kappa shape index (κ2) is 6.61. The fourth-order valence-corrected chi connectivity index (χ4v) is 3.94. The summed E-state index contributed by atoms with van der Waals surface area (Å²) in [5.41, 5.74) is 1.00. The van der Waals surface area contributed by atoms with E-state index in [-0.39, 0.29) is 11.9 Å². The molecule has 24 heavy (non-hydrogen) atoms. The van der Waals surface area contributed by atoms with Crippen LogP contribution in [0.15, 0.2) is 28.8 Å². The van der Waals surface area contributed by atoms with E-state index in [1.165, 1.54) is 25.0 Å². The first-order chi connectivity index (χ1) is 11.7. The van der Waals surface area contributed by atoms with Gasteiger partial charge in [0, 0.05) is 18.5 Å². The number of aliphatic hydroxyl groups excluding tert-OH is 1. The van der Waals surface area contributed by atoms with Crippen LogP contribution in [0.3, 0.4) is 0 Å². The zero-order valence-electron chi connectivity index (χ0n) is 13.6. The molecule has 2 aromatic rings. The molecule has 0 unspecified atom stereocenters. The fraction of sp³-hybridized carbons (Fsp3) is 0.556. The number of hydrogen-bond donors (Lipinski definition) is 1. The van der Waals surface area contributed by atoms with E-state index in [1.54, 1.807) is 12.1 Å². The number of β-amino-alcohol motifs (C(OH)–C–C–N with tert-alkyl or cyclic N) is 1. The molecule has 1 saturated carbocycles. The van der Waals surface area contributed by atoms with Gasteiger partial charge in [0.15, 0.2) is 5.82 Å². The number of hydrogen-bond acceptors (Lipinski definition) is 5. The largest absolute Gasteiger partial charge is 0.392 e. The first-order valence-corrected chi connectivity index (χ1v) is 8.69. The fourth-order valence-electron chi connectivity index (χ4n) is 3.94. The molecule has 5 nitrogen and oxygen atoms in total. The van der Waals surface area contributed by atoms with Gasteiger partial charge >= 0.3 is 0 Å². The van der Waals surface area contributed by atoms with Crippen molar-refractivity contribution in [3.05, 3.63) is 47.4 Å². The molecule has 0 spiro atoms. The van der Waals surface area contributed by atoms with Crippen LogP contribution in [-0.4, -0.2) is 32.8 Å². The van der Waals surface area contributed by atoms with Crippen molar-refractivity contribution in [3.63, 3.8) is 0 Å². The molecule has 1 aromatic carbocycles. The van der Waals surface area contributed by atoms with Crippen molar-refractivity contribution in [1.82, 2.24) is 15.0 Å². The number of aliphatic hydroxyl groups is 1. The van der Waals surface area contributed by atoms with Crippen LogP contribution in [0.1, 0.15) is 61.3 Å². The Morgan fingerprint density at radius 3 is 2.71 bits per heavy atom. The van der Waals surface area contributed by atoms with Crippen molar-refractivity contribution in [2.45, 2.75) is 56.7 Å². The first-order valence-electron chi connectivity index (χ1n) is 8.69. The van der Waals surface area contributed by atoms with Gasteiger partial charge in [-0.1, -0.05) is 30.1 Å². The number of nitrogens with zero attached hydrogens (tertiary/aromatic N) is 3. The monoisotopic (exact) mass is 331 g/mol. The molecule has 0 radical (unpaired) electrons. The summed E-state index contributed by atoms with van der Waals surface area (Å²) < 4.78 is 18.6. The quantitative estimate of drug-likeness (QED) is 0.932. The lowest BCUT2D eigenvalue weighted by Crippen LogP contribution is -2.24. The third kappa shape index (κ3) is 3.21. The molecule has 1 saturated heterocycles. The van der Waals surface area contributed by atoms with Gasteiger partial charge in [-0.3, -0.25) is 4.90 Å². The maximum absolute atomic E-state index is 13.1. The van der Waals surface area contributed by atoms with Gasteiger partial charge in [0.2, 0.25) is 5.89 Å². The van der Waals surface area contributed by atoms with Gasteiger partial charge in [-0.15, -0.1) is 0 Å². The number of likely N-dealkylation sites (tertiary alicyclic amines) is 1. The molecule has 128 valence electrons. The lowest BCUT2D eigenvalue weighted by atomic mass is 10.0. The second-order valence-electron chi connectivity index (χ2n) is 6.91. The zero-order chi connectivity index (χ0) is 16.5. The number of rotatable bonds is 4. The summed E-state index contributed by atoms with van der Waals surface area (Å²) in [7, 11) is 0. The molecular formula is C18H22FN3O2. The van der Waals surface area contributed by atoms with Crippen LogP contribution in [0.5, 0.6) is 0 Å². The van der Waals surface area contributed by atoms with Gasteiger partial charge in [0.05, 0.1) is 12.6 Å². The molecule has 1 aromatic heterocycles. The normalized spacial score (nSPS) is 25.6. The van der Waals surface area contributed by atoms with E-state index in [0.717, 1.165) is 24.2 Å². The van der Waals surface area contributed by atoms with Crippen LogP contribution in [0.4, 0.5) is 4.39 Å². The van der Waals surface area contributed by atoms with Crippen LogP contribution in [0.25, 0.3) is 0 Å². The Kier molecular flexibility index (Phi) is 4.33. The summed E-state index contributed by atoms with van der Waals surface area (Å²) >= 11 is 0. The summed E-state index contributed by atoms with van der Waals surface area (Å²) in [5, 5.41) is 14.2. The van der Waals surface area contributed by atoms with Crippen molar-refractivity contribution in [2.24, 2.45) is 0 Å². The van der Waals surface area contributed by atoms with Gasteiger partial charge in [0.1, 0.15) is 5.82 Å².